The van der Waals surface area contributed by atoms with E-state index in [1.54, 1.807) is 61.7 Å². The zero-order chi connectivity index (χ0) is 23.2. The molecule has 2 N–H and O–H groups in total. The highest BCUT2D eigenvalue weighted by Gasteiger charge is 2.14. The first-order valence-corrected chi connectivity index (χ1v) is 10.2. The summed E-state index contributed by atoms with van der Waals surface area (Å²) in [6.07, 6.45) is 0. The third kappa shape index (κ3) is 5.27. The predicted molar refractivity (Wildman–Crippen MR) is 125 cm³/mol. The summed E-state index contributed by atoms with van der Waals surface area (Å²) in [5, 5.41) is 6.79. The minimum atomic E-state index is -0.436. The Labute approximate surface area is 190 Å². The van der Waals surface area contributed by atoms with Crippen LogP contribution in [0.3, 0.4) is 0 Å². The van der Waals surface area contributed by atoms with Crippen LogP contribution in [-0.2, 0) is 4.79 Å². The van der Waals surface area contributed by atoms with Crippen LogP contribution < -0.4 is 20.1 Å². The molecule has 0 aliphatic rings. The van der Waals surface area contributed by atoms with Gasteiger partial charge in [0.05, 0.1) is 7.11 Å². The van der Waals surface area contributed by atoms with Crippen LogP contribution in [0.1, 0.15) is 10.4 Å². The zero-order valence-electron chi connectivity index (χ0n) is 17.8. The van der Waals surface area contributed by atoms with Crippen LogP contribution in [0.4, 0.5) is 15.8 Å². The second-order valence-electron chi connectivity index (χ2n) is 7.19. The Hall–Kier alpha value is -4.39. The van der Waals surface area contributed by atoms with Gasteiger partial charge in [-0.25, -0.2) is 4.39 Å². The van der Waals surface area contributed by atoms with Gasteiger partial charge >= 0.3 is 0 Å². The summed E-state index contributed by atoms with van der Waals surface area (Å²) in [4.78, 5) is 25.2. The number of carbonyl (C=O) groups excluding carboxylic acids is 2. The lowest BCUT2D eigenvalue weighted by Crippen LogP contribution is -2.20. The highest BCUT2D eigenvalue weighted by molar-refractivity contribution is 6.14. The number of hydrogen-bond donors (Lipinski definition) is 2. The maximum absolute atomic E-state index is 13.4. The van der Waals surface area contributed by atoms with E-state index in [1.165, 1.54) is 18.2 Å². The second-order valence-corrected chi connectivity index (χ2v) is 7.19. The van der Waals surface area contributed by atoms with Crippen LogP contribution in [-0.4, -0.2) is 25.5 Å². The fourth-order valence-electron chi connectivity index (χ4n) is 3.40. The quantitative estimate of drug-likeness (QED) is 0.408. The van der Waals surface area contributed by atoms with Gasteiger partial charge in [0.1, 0.15) is 17.3 Å². The van der Waals surface area contributed by atoms with Gasteiger partial charge in [0.15, 0.2) is 6.61 Å². The minimum absolute atomic E-state index is 0.212. The molecule has 2 amide bonds. The number of carbonyl (C=O) groups is 2. The molecule has 4 rings (SSSR count). The summed E-state index contributed by atoms with van der Waals surface area (Å²) >= 11 is 0. The Morgan fingerprint density at radius 1 is 0.818 bits per heavy atom. The normalized spacial score (nSPS) is 10.5. The van der Waals surface area contributed by atoms with Crippen molar-refractivity contribution in [2.75, 3.05) is 24.4 Å². The molecule has 0 aliphatic heterocycles. The molecule has 7 heteroatoms. The van der Waals surface area contributed by atoms with E-state index in [1.807, 2.05) is 12.1 Å². The monoisotopic (exact) mass is 444 g/mol. The van der Waals surface area contributed by atoms with Crippen molar-refractivity contribution in [2.45, 2.75) is 0 Å². The molecule has 0 fully saturated rings. The maximum Gasteiger partial charge on any atom is 0.262 e. The summed E-state index contributed by atoms with van der Waals surface area (Å²) in [5.41, 5.74) is 1.36. The average molecular weight is 444 g/mol. The molecule has 0 heterocycles. The molecule has 0 bridgehead atoms. The van der Waals surface area contributed by atoms with E-state index in [-0.39, 0.29) is 18.4 Å². The molecule has 6 nitrogen and oxygen atoms in total. The third-order valence-electron chi connectivity index (χ3n) is 4.92. The highest BCUT2D eigenvalue weighted by Crippen LogP contribution is 2.29. The van der Waals surface area contributed by atoms with Crippen molar-refractivity contribution in [3.8, 4) is 11.5 Å². The molecule has 4 aromatic carbocycles. The molecular formula is C26H21FN2O4. The topological polar surface area (TPSA) is 76.7 Å². The number of amides is 2. The van der Waals surface area contributed by atoms with E-state index in [0.717, 1.165) is 0 Å². The number of anilines is 2. The molecule has 0 saturated heterocycles. The van der Waals surface area contributed by atoms with Crippen LogP contribution >= 0.6 is 0 Å². The average Bonchev–Trinajstić information content (AvgIpc) is 2.82. The van der Waals surface area contributed by atoms with E-state index in [4.69, 9.17) is 9.47 Å². The van der Waals surface area contributed by atoms with Crippen LogP contribution in [0.5, 0.6) is 11.5 Å². The van der Waals surface area contributed by atoms with Gasteiger partial charge in [0.25, 0.3) is 11.8 Å². The Bertz CT molecular complexity index is 1320. The van der Waals surface area contributed by atoms with Crippen LogP contribution in [0, 0.1) is 5.82 Å². The van der Waals surface area contributed by atoms with Gasteiger partial charge < -0.3 is 20.1 Å². The number of halogens is 1. The Balaban J connectivity index is 1.50. The fraction of sp³-hybridized carbons (Fsp3) is 0.0769. The van der Waals surface area contributed by atoms with Crippen LogP contribution in [0.25, 0.3) is 10.8 Å². The van der Waals surface area contributed by atoms with Gasteiger partial charge in [0.2, 0.25) is 0 Å². The SMILES string of the molecule is COc1cccc(NC(=O)COc2ccc(C(=O)Nc3cccc(F)c3)c3ccccc23)c1. The van der Waals surface area contributed by atoms with Crippen molar-refractivity contribution < 1.29 is 23.5 Å². The van der Waals surface area contributed by atoms with E-state index >= 15 is 0 Å². The summed E-state index contributed by atoms with van der Waals surface area (Å²) in [5.74, 6) is -0.0477. The number of nitrogens with one attached hydrogen (secondary N) is 2. The Kier molecular flexibility index (Phi) is 6.50. The first-order chi connectivity index (χ1) is 16.0. The Morgan fingerprint density at radius 3 is 2.30 bits per heavy atom. The molecule has 0 radical (unpaired) electrons. The van der Waals surface area contributed by atoms with Gasteiger partial charge in [-0.2, -0.15) is 0 Å². The lowest BCUT2D eigenvalue weighted by molar-refractivity contribution is -0.118. The van der Waals surface area contributed by atoms with E-state index in [9.17, 15) is 14.0 Å². The summed E-state index contributed by atoms with van der Waals surface area (Å²) in [6, 6.07) is 23.2. The summed E-state index contributed by atoms with van der Waals surface area (Å²) in [7, 11) is 1.55. The first kappa shape index (κ1) is 21.8. The molecule has 33 heavy (non-hydrogen) atoms. The predicted octanol–water partition coefficient (Wildman–Crippen LogP) is 5.26. The number of methoxy groups -OCH3 is 1. The molecular weight excluding hydrogens is 423 g/mol. The number of fused-ring (bicyclic) bond motifs is 1. The molecule has 0 saturated carbocycles. The van der Waals surface area contributed by atoms with E-state index < -0.39 is 5.82 Å². The molecule has 0 atom stereocenters. The largest absolute Gasteiger partial charge is 0.497 e. The van der Waals surface area contributed by atoms with Gasteiger partial charge in [-0.1, -0.05) is 36.4 Å². The molecule has 4 aromatic rings. The number of rotatable bonds is 7. The van der Waals surface area contributed by atoms with Crippen molar-refractivity contribution in [2.24, 2.45) is 0 Å². The fourth-order valence-corrected chi connectivity index (χ4v) is 3.40. The van der Waals surface area contributed by atoms with Crippen molar-refractivity contribution >= 4 is 34.0 Å². The smallest absolute Gasteiger partial charge is 0.262 e. The van der Waals surface area contributed by atoms with Gasteiger partial charge in [-0.05, 0) is 47.9 Å². The molecule has 0 aliphatic carbocycles. The standard InChI is InChI=1S/C26H21FN2O4/c1-32-20-9-5-8-19(15-20)28-25(30)16-33-24-13-12-23(21-10-2-3-11-22(21)24)26(31)29-18-7-4-6-17(27)14-18/h2-15H,16H2,1H3,(H,28,30)(H,29,31). The first-order valence-electron chi connectivity index (χ1n) is 10.2. The molecule has 0 spiro atoms. The molecule has 0 aromatic heterocycles. The van der Waals surface area contributed by atoms with Gasteiger partial charge in [0, 0.05) is 28.4 Å². The van der Waals surface area contributed by atoms with E-state index in [0.29, 0.717) is 39.2 Å². The van der Waals surface area contributed by atoms with E-state index in [2.05, 4.69) is 10.6 Å². The lowest BCUT2D eigenvalue weighted by atomic mass is 10.0. The highest BCUT2D eigenvalue weighted by atomic mass is 19.1. The van der Waals surface area contributed by atoms with Crippen molar-refractivity contribution in [1.29, 1.82) is 0 Å². The lowest BCUT2D eigenvalue weighted by Gasteiger charge is -2.13. The number of ether oxygens (including phenoxy) is 2. The van der Waals surface area contributed by atoms with Crippen molar-refractivity contribution in [3.05, 3.63) is 96.3 Å². The van der Waals surface area contributed by atoms with Crippen molar-refractivity contribution in [3.63, 3.8) is 0 Å². The zero-order valence-corrected chi connectivity index (χ0v) is 17.8. The minimum Gasteiger partial charge on any atom is -0.497 e. The summed E-state index contributed by atoms with van der Waals surface area (Å²) in [6.45, 7) is -0.212. The number of benzene rings is 4. The summed E-state index contributed by atoms with van der Waals surface area (Å²) < 4.78 is 24.4. The second kappa shape index (κ2) is 9.82. The maximum atomic E-state index is 13.4. The van der Waals surface area contributed by atoms with Crippen LogP contribution in [0.15, 0.2) is 84.9 Å². The number of hydrogen-bond acceptors (Lipinski definition) is 4. The van der Waals surface area contributed by atoms with Gasteiger partial charge in [-0.3, -0.25) is 9.59 Å². The molecule has 166 valence electrons. The Morgan fingerprint density at radius 2 is 1.55 bits per heavy atom. The third-order valence-corrected chi connectivity index (χ3v) is 4.92. The van der Waals surface area contributed by atoms with Crippen molar-refractivity contribution in [1.82, 2.24) is 0 Å². The molecule has 0 unspecified atom stereocenters. The van der Waals surface area contributed by atoms with Gasteiger partial charge in [-0.15, -0.1) is 0 Å². The van der Waals surface area contributed by atoms with Crippen LogP contribution in [0.2, 0.25) is 0 Å².